The molecule has 1 aromatic carbocycles. The molecular formula is C56H93N9O11S3. The van der Waals surface area contributed by atoms with Crippen molar-refractivity contribution in [3.05, 3.63) is 29.8 Å². The number of benzene rings is 1. The molecule has 0 spiro atoms. The number of ether oxygens (including phenoxy) is 6. The zero-order chi connectivity index (χ0) is 56.7. The van der Waals surface area contributed by atoms with Gasteiger partial charge in [-0.1, -0.05) is 92.9 Å². The smallest absolute Gasteiger partial charge is 0.416 e. The van der Waals surface area contributed by atoms with E-state index >= 15 is 0 Å². The molecule has 1 aromatic rings. The van der Waals surface area contributed by atoms with Crippen LogP contribution in [-0.4, -0.2) is 200 Å². The van der Waals surface area contributed by atoms with Crippen LogP contribution in [0.25, 0.3) is 0 Å². The number of methoxy groups -OCH3 is 1. The summed E-state index contributed by atoms with van der Waals surface area (Å²) in [7, 11) is 6.78. The van der Waals surface area contributed by atoms with Gasteiger partial charge in [0, 0.05) is 63.3 Å². The lowest BCUT2D eigenvalue weighted by Gasteiger charge is -2.44. The fourth-order valence-electron chi connectivity index (χ4n) is 12.4. The highest BCUT2D eigenvalue weighted by atomic mass is 32.2. The van der Waals surface area contributed by atoms with E-state index in [9.17, 15) is 25.2 Å². The molecule has 6 heterocycles. The summed E-state index contributed by atoms with van der Waals surface area (Å²) in [5, 5.41) is 60.7. The third-order valence-corrected chi connectivity index (χ3v) is 20.3. The number of aliphatic imine (C=N–C) groups is 3. The van der Waals surface area contributed by atoms with Gasteiger partial charge in [0.25, 0.3) is 0 Å². The molecular weight excluding hydrogens is 1070 g/mol. The van der Waals surface area contributed by atoms with E-state index in [1.165, 1.54) is 117 Å². The highest BCUT2D eigenvalue weighted by Gasteiger charge is 2.53. The maximum atomic E-state index is 12.7. The van der Waals surface area contributed by atoms with Gasteiger partial charge in [-0.05, 0) is 97.8 Å². The first-order chi connectivity index (χ1) is 37.7. The zero-order valence-electron chi connectivity index (χ0n) is 48.3. The number of hydrogen-bond donors (Lipinski definition) is 9. The van der Waals surface area contributed by atoms with Crippen LogP contribution in [0.5, 0.6) is 5.75 Å². The van der Waals surface area contributed by atoms with E-state index in [-0.39, 0.29) is 70.7 Å². The number of thioether (sulfide) groups is 3. The number of amides is 1. The van der Waals surface area contributed by atoms with Crippen molar-refractivity contribution in [1.29, 1.82) is 0 Å². The number of fused-ring (bicyclic) bond motifs is 3. The van der Waals surface area contributed by atoms with Crippen LogP contribution in [0, 0.1) is 5.92 Å². The predicted molar refractivity (Wildman–Crippen MR) is 314 cm³/mol. The van der Waals surface area contributed by atoms with Crippen LogP contribution in [0.3, 0.4) is 0 Å². The molecule has 3 aliphatic carbocycles. The van der Waals surface area contributed by atoms with E-state index in [4.69, 9.17) is 33.4 Å². The molecule has 23 heteroatoms. The van der Waals surface area contributed by atoms with Crippen molar-refractivity contribution in [3.8, 4) is 5.75 Å². The van der Waals surface area contributed by atoms with E-state index in [2.05, 4.69) is 50.4 Å². The first-order valence-electron chi connectivity index (χ1n) is 29.0. The maximum Gasteiger partial charge on any atom is 0.416 e. The van der Waals surface area contributed by atoms with Gasteiger partial charge in [-0.15, -0.1) is 0 Å². The third kappa shape index (κ3) is 15.8. The molecule has 9 aliphatic rings. The molecule has 8 fully saturated rings. The van der Waals surface area contributed by atoms with Crippen LogP contribution in [0.1, 0.15) is 131 Å². The molecule has 0 aromatic heterocycles. The molecule has 18 atom stereocenters. The summed E-state index contributed by atoms with van der Waals surface area (Å²) in [5.74, 6) is 0.931. The molecule has 79 heavy (non-hydrogen) atoms. The number of carbonyl (C=O) groups is 1. The Morgan fingerprint density at radius 2 is 1.14 bits per heavy atom. The summed E-state index contributed by atoms with van der Waals surface area (Å²) in [6.45, 7) is 14.5. The lowest BCUT2D eigenvalue weighted by Crippen LogP contribution is -2.63. The quantitative estimate of drug-likeness (QED) is 0.122. The topological polar surface area (TPSA) is 254 Å². The monoisotopic (exact) mass is 1160 g/mol. The van der Waals surface area contributed by atoms with Crippen molar-refractivity contribution in [2.45, 2.75) is 257 Å². The molecule has 20 nitrogen and oxygen atoms in total. The van der Waals surface area contributed by atoms with Crippen LogP contribution >= 0.6 is 35.3 Å². The Morgan fingerprint density at radius 3 is 1.56 bits per heavy atom. The summed E-state index contributed by atoms with van der Waals surface area (Å²) in [6.07, 6.45) is 9.95. The third-order valence-electron chi connectivity index (χ3n) is 16.7. The van der Waals surface area contributed by atoms with Gasteiger partial charge in [-0.2, -0.15) is 0 Å². The van der Waals surface area contributed by atoms with E-state index in [0.29, 0.717) is 29.9 Å². The molecule has 1 unspecified atom stereocenters. The molecule has 6 aliphatic heterocycles. The molecule has 3 saturated carbocycles. The van der Waals surface area contributed by atoms with Gasteiger partial charge in [0.05, 0.1) is 38.0 Å². The van der Waals surface area contributed by atoms with Gasteiger partial charge in [-0.3, -0.25) is 19.9 Å². The molecule has 0 bridgehead atoms. The summed E-state index contributed by atoms with van der Waals surface area (Å²) in [6, 6.07) is 8.91. The summed E-state index contributed by atoms with van der Waals surface area (Å²) < 4.78 is 36.2. The Hall–Kier alpha value is -2.49. The maximum absolute atomic E-state index is 12.7. The Morgan fingerprint density at radius 1 is 0.709 bits per heavy atom. The average Bonchev–Trinajstić information content (AvgIpc) is 4.32. The molecule has 5 saturated heterocycles. The van der Waals surface area contributed by atoms with Crippen LogP contribution in [0.15, 0.2) is 39.2 Å². The lowest BCUT2D eigenvalue weighted by molar-refractivity contribution is -0.164. The molecule has 1 amide bonds. The van der Waals surface area contributed by atoms with Crippen LogP contribution in [-0.2, 0) is 30.3 Å². The first kappa shape index (κ1) is 62.6. The summed E-state index contributed by atoms with van der Waals surface area (Å²) in [5.41, 5.74) is -0.122. The Bertz CT molecular complexity index is 2130. The van der Waals surface area contributed by atoms with E-state index < -0.39 is 48.3 Å². The van der Waals surface area contributed by atoms with Crippen LogP contribution in [0.2, 0.25) is 0 Å². The average molecular weight is 1160 g/mol. The Labute approximate surface area is 481 Å². The normalized spacial score (nSPS) is 36.8. The molecule has 446 valence electrons. The van der Waals surface area contributed by atoms with Crippen molar-refractivity contribution in [3.63, 3.8) is 0 Å². The number of carbonyl (C=O) groups excluding carboxylic acids is 1. The second-order valence-electron chi connectivity index (χ2n) is 23.9. The Balaban J connectivity index is 0.000000167. The largest absolute Gasteiger partial charge is 0.497 e. The number of nitrogens with zero attached hydrogens (tertiary/aromatic N) is 4. The van der Waals surface area contributed by atoms with Crippen molar-refractivity contribution in [1.82, 2.24) is 31.5 Å². The zero-order valence-corrected chi connectivity index (χ0v) is 50.7. The van der Waals surface area contributed by atoms with Gasteiger partial charge >= 0.3 is 6.09 Å². The highest BCUT2D eigenvalue weighted by molar-refractivity contribution is 8.15. The summed E-state index contributed by atoms with van der Waals surface area (Å²) >= 11 is 4.45. The van der Waals surface area contributed by atoms with Crippen LogP contribution < -0.4 is 31.3 Å². The number of nitrogens with one attached hydrogen (secondary N) is 5. The molecule has 0 radical (unpaired) electrons. The van der Waals surface area contributed by atoms with Gasteiger partial charge in [0.2, 0.25) is 0 Å². The summed E-state index contributed by atoms with van der Waals surface area (Å²) in [4.78, 5) is 27.4. The minimum atomic E-state index is -0.889. The molecule has 9 N–H and O–H groups in total. The first-order valence-corrected chi connectivity index (χ1v) is 31.6. The Kier molecular flexibility index (Phi) is 22.5. The molecule has 10 rings (SSSR count). The minimum absolute atomic E-state index is 0.0157. The van der Waals surface area contributed by atoms with Crippen LogP contribution in [0.4, 0.5) is 4.79 Å². The second kappa shape index (κ2) is 28.4. The van der Waals surface area contributed by atoms with Gasteiger partial charge in [0.15, 0.2) is 15.5 Å². The van der Waals surface area contributed by atoms with Crippen molar-refractivity contribution < 1.29 is 53.6 Å². The minimum Gasteiger partial charge on any atom is -0.497 e. The standard InChI is InChI=1S/C28H43N3O5S.2C14H25N3O3S/c1-17-23(18(2)29-20-10-8-9-11-20)35-25-22(24(17)34-16-19-12-14-21(33-7)15-13-19)30-26(37-25)31(6)27(32)36-28(3,4)5;2*1-7(16-8-5-3-4-6-8)12-11(19)10(18)9-13(20-12)21-14(15-2)17-9/h12-15,17-18,20,22-25,29H,8-11,16H2,1-7H3;2*7-13,16,18-19H,3-6H2,1-2H3,(H,15,17)/t17-,18?,22-,23+,24+,25-;7-,9+,10+,11-,12+,13+;7-,9-,10-,11+,12-,13-/m101/s1. The van der Waals surface area contributed by atoms with E-state index in [1.54, 1.807) is 28.3 Å². The lowest BCUT2D eigenvalue weighted by atomic mass is 9.86. The number of aliphatic hydroxyl groups excluding tert-OH is 4. The van der Waals surface area contributed by atoms with E-state index in [1.807, 2.05) is 58.9 Å². The predicted octanol–water partition coefficient (Wildman–Crippen LogP) is 5.29. The second-order valence-corrected chi connectivity index (χ2v) is 27.1. The number of amidine groups is 3. The fraction of sp³-hybridized carbons (Fsp3) is 0.821. The van der Waals surface area contributed by atoms with E-state index in [0.717, 1.165) is 21.6 Å². The SMILES string of the molecule is CN=C1N[C@@H]2[C@@H](O)[C@H](O)[C@@H]([C@@H](C)NC3CCCC3)O[C@@H]2S1.CN=C1N[C@@H]2[C@@H](O)[C@H](O)[C@@H]([C@H](C)NC3CCCC3)O[C@@H]2S1.COc1ccc(CO[C@H]2[C@H](C)[C@@H](C(C)NC3CCCC3)O[C@@H]3SC(N(C)C(=O)OC(C)(C)C)=N[C@H]23)cc1. The van der Waals surface area contributed by atoms with Crippen molar-refractivity contribution >= 4 is 56.9 Å². The van der Waals surface area contributed by atoms with Crippen molar-refractivity contribution in [2.75, 3.05) is 28.3 Å². The van der Waals surface area contributed by atoms with Crippen molar-refractivity contribution in [2.24, 2.45) is 20.9 Å². The highest BCUT2D eigenvalue weighted by Crippen LogP contribution is 2.43. The van der Waals surface area contributed by atoms with Gasteiger partial charge in [-0.25, -0.2) is 4.79 Å². The number of rotatable bonds is 13. The fourth-order valence-corrected chi connectivity index (χ4v) is 15.8. The van der Waals surface area contributed by atoms with Gasteiger partial charge in [0.1, 0.15) is 70.3 Å². The number of hydrogen-bond acceptors (Lipinski definition) is 20. The van der Waals surface area contributed by atoms with Gasteiger partial charge < -0.3 is 75.4 Å². The number of aliphatic hydroxyl groups is 4.